The maximum atomic E-state index is 12.2. The Morgan fingerprint density at radius 2 is 2.21 bits per heavy atom. The topological polar surface area (TPSA) is 61.4 Å². The monoisotopic (exact) mass is 289 g/mol. The summed E-state index contributed by atoms with van der Waals surface area (Å²) >= 11 is 0. The summed E-state index contributed by atoms with van der Waals surface area (Å²) in [7, 11) is -3.15. The van der Waals surface area contributed by atoms with Crippen molar-refractivity contribution in [2.75, 3.05) is 32.7 Å². The molecular weight excluding hydrogens is 262 g/mol. The van der Waals surface area contributed by atoms with Gasteiger partial charge in [-0.15, -0.1) is 0 Å². The van der Waals surface area contributed by atoms with Gasteiger partial charge in [0.15, 0.2) is 0 Å². The Balaban J connectivity index is 1.89. The summed E-state index contributed by atoms with van der Waals surface area (Å²) in [5.41, 5.74) is 0.310. The molecule has 2 heterocycles. The van der Waals surface area contributed by atoms with Gasteiger partial charge < -0.3 is 10.2 Å². The quantitative estimate of drug-likeness (QED) is 0.768. The van der Waals surface area contributed by atoms with Gasteiger partial charge in [-0.2, -0.15) is 0 Å². The minimum absolute atomic E-state index is 0.0180. The number of hydrogen-bond acceptors (Lipinski definition) is 4. The van der Waals surface area contributed by atoms with E-state index < -0.39 is 10.0 Å². The first-order chi connectivity index (χ1) is 8.81. The van der Waals surface area contributed by atoms with Gasteiger partial charge in [0.1, 0.15) is 0 Å². The van der Waals surface area contributed by atoms with Crippen molar-refractivity contribution in [3.8, 4) is 0 Å². The van der Waals surface area contributed by atoms with E-state index in [-0.39, 0.29) is 11.3 Å². The van der Waals surface area contributed by atoms with Crippen LogP contribution >= 0.6 is 0 Å². The van der Waals surface area contributed by atoms with E-state index in [4.69, 9.17) is 0 Å². The van der Waals surface area contributed by atoms with E-state index in [1.54, 1.807) is 0 Å². The average molecular weight is 289 g/mol. The molecule has 0 bridgehead atoms. The van der Waals surface area contributed by atoms with Crippen LogP contribution in [-0.2, 0) is 10.0 Å². The summed E-state index contributed by atoms with van der Waals surface area (Å²) in [5, 5.41) is 3.15. The van der Waals surface area contributed by atoms with Gasteiger partial charge in [0, 0.05) is 25.7 Å². The Bertz CT molecular complexity index is 402. The van der Waals surface area contributed by atoms with Crippen LogP contribution in [0.3, 0.4) is 0 Å². The van der Waals surface area contributed by atoms with Gasteiger partial charge in [-0.1, -0.05) is 6.92 Å². The number of nitrogens with zero attached hydrogens (tertiary/aromatic N) is 1. The summed E-state index contributed by atoms with van der Waals surface area (Å²) in [5.74, 6) is 0. The molecule has 0 aliphatic carbocycles. The average Bonchev–Trinajstić information content (AvgIpc) is 2.86. The van der Waals surface area contributed by atoms with Crippen molar-refractivity contribution in [2.45, 2.75) is 44.9 Å². The number of rotatable bonds is 5. The van der Waals surface area contributed by atoms with Crippen molar-refractivity contribution in [1.82, 2.24) is 14.9 Å². The molecule has 2 fully saturated rings. The second-order valence-corrected chi connectivity index (χ2v) is 8.69. The highest BCUT2D eigenvalue weighted by molar-refractivity contribution is 7.90. The third-order valence-electron chi connectivity index (χ3n) is 4.13. The molecule has 2 N–H and O–H groups in total. The molecule has 0 aromatic heterocycles. The van der Waals surface area contributed by atoms with Crippen molar-refractivity contribution in [3.05, 3.63) is 0 Å². The number of sulfonamides is 1. The zero-order valence-electron chi connectivity index (χ0n) is 12.3. The fourth-order valence-electron chi connectivity index (χ4n) is 3.16. The smallest absolute Gasteiger partial charge is 0.216 e. The fourth-order valence-corrected chi connectivity index (χ4v) is 4.83. The molecule has 0 aromatic rings. The van der Waals surface area contributed by atoms with E-state index in [9.17, 15) is 8.42 Å². The summed E-state index contributed by atoms with van der Waals surface area (Å²) < 4.78 is 27.0. The van der Waals surface area contributed by atoms with Gasteiger partial charge in [-0.05, 0) is 45.2 Å². The van der Waals surface area contributed by atoms with Crippen LogP contribution in [0.5, 0.6) is 0 Å². The highest BCUT2D eigenvalue weighted by Crippen LogP contribution is 2.28. The third-order valence-corrected chi connectivity index (χ3v) is 6.19. The van der Waals surface area contributed by atoms with E-state index in [1.165, 1.54) is 6.42 Å². The Hall–Kier alpha value is -0.170. The van der Waals surface area contributed by atoms with Crippen molar-refractivity contribution in [3.63, 3.8) is 0 Å². The molecule has 5 nitrogen and oxygen atoms in total. The lowest BCUT2D eigenvalue weighted by molar-refractivity contribution is 0.209. The zero-order valence-corrected chi connectivity index (χ0v) is 13.1. The van der Waals surface area contributed by atoms with Crippen molar-refractivity contribution < 1.29 is 8.42 Å². The summed E-state index contributed by atoms with van der Waals surface area (Å²) in [6.07, 6.45) is 1.94. The molecule has 19 heavy (non-hydrogen) atoms. The standard InChI is InChI=1S/C13H27N3O2S/c1-11(2)15-19(17,18)12-4-7-16(8-12)10-13(3)5-6-14-9-13/h11-12,14-15H,4-10H2,1-3H3. The molecule has 2 rings (SSSR count). The normalized spacial score (nSPS) is 33.4. The van der Waals surface area contributed by atoms with Gasteiger partial charge in [0.2, 0.25) is 10.0 Å². The Morgan fingerprint density at radius 1 is 1.47 bits per heavy atom. The van der Waals surface area contributed by atoms with E-state index in [0.29, 0.717) is 12.0 Å². The number of likely N-dealkylation sites (tertiary alicyclic amines) is 1. The van der Waals surface area contributed by atoms with E-state index in [0.717, 1.165) is 32.6 Å². The molecule has 0 saturated carbocycles. The minimum Gasteiger partial charge on any atom is -0.316 e. The van der Waals surface area contributed by atoms with Gasteiger partial charge in [0.25, 0.3) is 0 Å². The molecule has 2 saturated heterocycles. The molecule has 0 amide bonds. The molecule has 0 aromatic carbocycles. The molecule has 2 atom stereocenters. The first-order valence-electron chi connectivity index (χ1n) is 7.25. The van der Waals surface area contributed by atoms with Crippen LogP contribution in [0.25, 0.3) is 0 Å². The van der Waals surface area contributed by atoms with E-state index in [1.807, 2.05) is 13.8 Å². The number of nitrogens with one attached hydrogen (secondary N) is 2. The molecule has 112 valence electrons. The highest BCUT2D eigenvalue weighted by atomic mass is 32.2. The Morgan fingerprint density at radius 3 is 2.79 bits per heavy atom. The largest absolute Gasteiger partial charge is 0.316 e. The lowest BCUT2D eigenvalue weighted by atomic mass is 9.89. The first-order valence-corrected chi connectivity index (χ1v) is 8.80. The SMILES string of the molecule is CC(C)NS(=O)(=O)C1CCN(CC2(C)CCNC2)C1. The minimum atomic E-state index is -3.15. The predicted octanol–water partition coefficient (Wildman–Crippen LogP) is 0.388. The van der Waals surface area contributed by atoms with E-state index >= 15 is 0 Å². The predicted molar refractivity (Wildman–Crippen MR) is 77.6 cm³/mol. The Labute approximate surface area is 117 Å². The molecule has 0 radical (unpaired) electrons. The zero-order chi connectivity index (χ0) is 14.1. The summed E-state index contributed by atoms with van der Waals surface area (Å²) in [6, 6.07) is -0.0180. The lowest BCUT2D eigenvalue weighted by Crippen LogP contribution is -2.41. The van der Waals surface area contributed by atoms with Gasteiger partial charge in [-0.25, -0.2) is 13.1 Å². The van der Waals surface area contributed by atoms with Crippen LogP contribution in [0, 0.1) is 5.41 Å². The second-order valence-electron chi connectivity index (χ2n) is 6.70. The Kier molecular flexibility index (Phi) is 4.55. The maximum Gasteiger partial charge on any atom is 0.216 e. The van der Waals surface area contributed by atoms with Crippen LogP contribution in [-0.4, -0.2) is 57.3 Å². The lowest BCUT2D eigenvalue weighted by Gasteiger charge is -2.29. The van der Waals surface area contributed by atoms with E-state index in [2.05, 4.69) is 21.9 Å². The van der Waals surface area contributed by atoms with Crippen LogP contribution < -0.4 is 10.0 Å². The van der Waals surface area contributed by atoms with Gasteiger partial charge >= 0.3 is 0 Å². The molecular formula is C13H27N3O2S. The number of hydrogen-bond donors (Lipinski definition) is 2. The molecule has 6 heteroatoms. The van der Waals surface area contributed by atoms with Crippen LogP contribution in [0.1, 0.15) is 33.6 Å². The molecule has 2 unspecified atom stereocenters. The van der Waals surface area contributed by atoms with Crippen molar-refractivity contribution in [2.24, 2.45) is 5.41 Å². The van der Waals surface area contributed by atoms with Gasteiger partial charge in [0.05, 0.1) is 5.25 Å². The fraction of sp³-hybridized carbons (Fsp3) is 1.00. The molecule has 2 aliphatic heterocycles. The van der Waals surface area contributed by atoms with Crippen molar-refractivity contribution in [1.29, 1.82) is 0 Å². The second kappa shape index (κ2) is 5.68. The van der Waals surface area contributed by atoms with Crippen LogP contribution in [0.2, 0.25) is 0 Å². The summed E-state index contributed by atoms with van der Waals surface area (Å²) in [6.45, 7) is 10.8. The maximum absolute atomic E-state index is 12.2. The first kappa shape index (κ1) is 15.2. The van der Waals surface area contributed by atoms with Crippen LogP contribution in [0.15, 0.2) is 0 Å². The highest BCUT2D eigenvalue weighted by Gasteiger charge is 2.37. The van der Waals surface area contributed by atoms with Crippen molar-refractivity contribution >= 4 is 10.0 Å². The van der Waals surface area contributed by atoms with Gasteiger partial charge in [-0.3, -0.25) is 0 Å². The third kappa shape index (κ3) is 3.90. The molecule has 0 spiro atoms. The summed E-state index contributed by atoms with van der Waals surface area (Å²) in [4.78, 5) is 2.32. The van der Waals surface area contributed by atoms with Crippen LogP contribution in [0.4, 0.5) is 0 Å². The molecule has 2 aliphatic rings.